The quantitative estimate of drug-likeness (QED) is 0.284. The van der Waals surface area contributed by atoms with Gasteiger partial charge in [-0.2, -0.15) is 5.26 Å². The molecule has 0 unspecified atom stereocenters. The van der Waals surface area contributed by atoms with Gasteiger partial charge in [-0.05, 0) is 43.3 Å². The highest BCUT2D eigenvalue weighted by atomic mass is 35.5. The Hall–Kier alpha value is -3.13. The second-order valence-corrected chi connectivity index (χ2v) is 9.22. The van der Waals surface area contributed by atoms with E-state index < -0.39 is 5.92 Å². The van der Waals surface area contributed by atoms with Crippen molar-refractivity contribution in [1.82, 2.24) is 19.7 Å². The molecule has 0 bridgehead atoms. The number of aromatic nitrogens is 4. The number of thiazole rings is 1. The average molecular weight is 500 g/mol. The summed E-state index contributed by atoms with van der Waals surface area (Å²) in [5.74, 6) is 0.860. The Morgan fingerprint density at radius 1 is 1.33 bits per heavy atom. The lowest BCUT2D eigenvalue weighted by atomic mass is 10.1. The maximum absolute atomic E-state index is 12.7. The molecule has 33 heavy (non-hydrogen) atoms. The first-order valence-electron chi connectivity index (χ1n) is 9.83. The molecule has 0 amide bonds. The summed E-state index contributed by atoms with van der Waals surface area (Å²) >= 11 is 8.46. The molecule has 4 rings (SSSR count). The fraction of sp³-hybridized carbons (Fsp3) is 0.227. The van der Waals surface area contributed by atoms with Gasteiger partial charge in [0.2, 0.25) is 0 Å². The Labute approximate surface area is 203 Å². The van der Waals surface area contributed by atoms with Crippen molar-refractivity contribution < 1.29 is 13.9 Å². The number of carbonyl (C=O) groups excluding carboxylic acids is 1. The van der Waals surface area contributed by atoms with Gasteiger partial charge in [0.05, 0.1) is 24.6 Å². The minimum absolute atomic E-state index is 0.0607. The number of benzene rings is 1. The number of nitriles is 1. The topological polar surface area (TPSA) is 107 Å². The first-order chi connectivity index (χ1) is 16.0. The standard InChI is InChI=1S/C22H18ClN5O3S2/c1-14-12-32-21(25-14)18(9-24)19(29)13-33-22-27-26-20(28(22)10-17-3-2-8-30-17)11-31-16-6-4-15(23)5-7-16/h2-8,12,18H,10-11,13H2,1H3/t18-/m1/s1. The summed E-state index contributed by atoms with van der Waals surface area (Å²) in [5.41, 5.74) is 0.791. The van der Waals surface area contributed by atoms with Gasteiger partial charge in [0, 0.05) is 16.1 Å². The molecule has 0 fully saturated rings. The molecule has 4 aromatic rings. The van der Waals surface area contributed by atoms with Crippen LogP contribution in [-0.4, -0.2) is 31.3 Å². The fourth-order valence-corrected chi connectivity index (χ4v) is 4.77. The number of ether oxygens (including phenoxy) is 1. The number of hydrogen-bond acceptors (Lipinski definition) is 9. The highest BCUT2D eigenvalue weighted by Gasteiger charge is 2.24. The first kappa shape index (κ1) is 23.0. The number of nitrogens with zero attached hydrogens (tertiary/aromatic N) is 5. The van der Waals surface area contributed by atoms with Crippen LogP contribution in [0.2, 0.25) is 5.02 Å². The van der Waals surface area contributed by atoms with Gasteiger partial charge in [-0.15, -0.1) is 21.5 Å². The summed E-state index contributed by atoms with van der Waals surface area (Å²) < 4.78 is 13.1. The molecular weight excluding hydrogens is 482 g/mol. The Morgan fingerprint density at radius 2 is 2.15 bits per heavy atom. The Kier molecular flexibility index (Phi) is 7.44. The van der Waals surface area contributed by atoms with Crippen LogP contribution in [0.3, 0.4) is 0 Å². The number of hydrogen-bond donors (Lipinski definition) is 0. The van der Waals surface area contributed by atoms with Gasteiger partial charge >= 0.3 is 0 Å². The number of carbonyl (C=O) groups is 1. The minimum Gasteiger partial charge on any atom is -0.486 e. The van der Waals surface area contributed by atoms with Crippen LogP contribution >= 0.6 is 34.7 Å². The van der Waals surface area contributed by atoms with E-state index >= 15 is 0 Å². The van der Waals surface area contributed by atoms with Crippen molar-refractivity contribution in [3.05, 3.63) is 75.4 Å². The van der Waals surface area contributed by atoms with Crippen LogP contribution in [0.5, 0.6) is 5.75 Å². The summed E-state index contributed by atoms with van der Waals surface area (Å²) in [4.78, 5) is 17.0. The van der Waals surface area contributed by atoms with Crippen molar-refractivity contribution >= 4 is 40.5 Å². The molecule has 0 aliphatic heterocycles. The Balaban J connectivity index is 1.48. The zero-order valence-corrected chi connectivity index (χ0v) is 19.9. The van der Waals surface area contributed by atoms with Crippen molar-refractivity contribution in [2.45, 2.75) is 31.1 Å². The van der Waals surface area contributed by atoms with Gasteiger partial charge in [0.25, 0.3) is 0 Å². The van der Waals surface area contributed by atoms with E-state index in [2.05, 4.69) is 21.3 Å². The number of Topliss-reactive ketones (excluding diaryl/α,β-unsaturated/α-hetero) is 1. The molecule has 0 aliphatic carbocycles. The zero-order valence-electron chi connectivity index (χ0n) is 17.5. The third-order valence-electron chi connectivity index (χ3n) is 4.55. The molecule has 0 spiro atoms. The Morgan fingerprint density at radius 3 is 2.82 bits per heavy atom. The third kappa shape index (κ3) is 5.82. The maximum atomic E-state index is 12.7. The summed E-state index contributed by atoms with van der Waals surface area (Å²) in [5, 5.41) is 21.5. The number of aryl methyl sites for hydroxylation is 1. The highest BCUT2D eigenvalue weighted by Crippen LogP contribution is 2.26. The van der Waals surface area contributed by atoms with E-state index in [9.17, 15) is 10.1 Å². The van der Waals surface area contributed by atoms with Gasteiger partial charge in [-0.3, -0.25) is 9.36 Å². The molecule has 3 aromatic heterocycles. The number of ketones is 1. The van der Waals surface area contributed by atoms with Crippen molar-refractivity contribution in [2.75, 3.05) is 5.75 Å². The maximum Gasteiger partial charge on any atom is 0.192 e. The van der Waals surface area contributed by atoms with Crippen LogP contribution in [0, 0.1) is 18.3 Å². The van der Waals surface area contributed by atoms with Crippen molar-refractivity contribution in [2.24, 2.45) is 0 Å². The molecule has 11 heteroatoms. The molecule has 0 radical (unpaired) electrons. The van der Waals surface area contributed by atoms with E-state index in [0.717, 1.165) is 5.69 Å². The van der Waals surface area contributed by atoms with E-state index in [1.54, 1.807) is 36.6 Å². The van der Waals surface area contributed by atoms with E-state index in [1.165, 1.54) is 23.1 Å². The predicted octanol–water partition coefficient (Wildman–Crippen LogP) is 4.89. The molecule has 1 atom stereocenters. The summed E-state index contributed by atoms with van der Waals surface area (Å²) in [7, 11) is 0. The van der Waals surface area contributed by atoms with Crippen LogP contribution in [0.4, 0.5) is 0 Å². The molecule has 8 nitrogen and oxygen atoms in total. The summed E-state index contributed by atoms with van der Waals surface area (Å²) in [6, 6.07) is 12.7. The largest absolute Gasteiger partial charge is 0.486 e. The summed E-state index contributed by atoms with van der Waals surface area (Å²) in [6.07, 6.45) is 1.59. The van der Waals surface area contributed by atoms with Gasteiger partial charge in [-0.25, -0.2) is 4.98 Å². The van der Waals surface area contributed by atoms with Crippen LogP contribution in [0.25, 0.3) is 0 Å². The monoisotopic (exact) mass is 499 g/mol. The third-order valence-corrected chi connectivity index (χ3v) is 6.82. The van der Waals surface area contributed by atoms with Crippen molar-refractivity contribution in [1.29, 1.82) is 5.26 Å². The Bertz CT molecular complexity index is 1260. The van der Waals surface area contributed by atoms with Crippen molar-refractivity contribution in [3.63, 3.8) is 0 Å². The normalized spacial score (nSPS) is 11.8. The lowest BCUT2D eigenvalue weighted by Crippen LogP contribution is -2.14. The molecule has 0 N–H and O–H groups in total. The SMILES string of the molecule is Cc1csc([C@H](C#N)C(=O)CSc2nnc(COc3ccc(Cl)cc3)n2Cc2ccco2)n1. The number of halogens is 1. The van der Waals surface area contributed by atoms with E-state index in [-0.39, 0.29) is 18.1 Å². The molecular formula is C22H18ClN5O3S2. The lowest BCUT2D eigenvalue weighted by molar-refractivity contribution is -0.116. The van der Waals surface area contributed by atoms with E-state index in [0.29, 0.717) is 39.1 Å². The van der Waals surface area contributed by atoms with Crippen LogP contribution < -0.4 is 4.74 Å². The van der Waals surface area contributed by atoms with Gasteiger partial charge in [0.1, 0.15) is 23.1 Å². The predicted molar refractivity (Wildman–Crippen MR) is 125 cm³/mol. The van der Waals surface area contributed by atoms with Gasteiger partial charge in [-0.1, -0.05) is 23.4 Å². The molecule has 0 saturated heterocycles. The highest BCUT2D eigenvalue weighted by molar-refractivity contribution is 7.99. The number of rotatable bonds is 10. The first-order valence-corrected chi connectivity index (χ1v) is 12.1. The van der Waals surface area contributed by atoms with Gasteiger partial charge in [0.15, 0.2) is 22.7 Å². The average Bonchev–Trinajstić information content (AvgIpc) is 3.56. The molecule has 1 aromatic carbocycles. The smallest absolute Gasteiger partial charge is 0.192 e. The molecule has 0 saturated carbocycles. The van der Waals surface area contributed by atoms with Crippen LogP contribution in [-0.2, 0) is 17.9 Å². The zero-order chi connectivity index (χ0) is 23.2. The lowest BCUT2D eigenvalue weighted by Gasteiger charge is -2.10. The molecule has 168 valence electrons. The van der Waals surface area contributed by atoms with E-state index in [1.807, 2.05) is 22.9 Å². The van der Waals surface area contributed by atoms with Crippen LogP contribution in [0.1, 0.15) is 28.2 Å². The molecule has 3 heterocycles. The number of furan rings is 1. The second kappa shape index (κ2) is 10.7. The van der Waals surface area contributed by atoms with Crippen LogP contribution in [0.15, 0.2) is 57.6 Å². The second-order valence-electron chi connectivity index (χ2n) is 6.95. The summed E-state index contributed by atoms with van der Waals surface area (Å²) in [6.45, 7) is 2.38. The number of thioether (sulfide) groups is 1. The van der Waals surface area contributed by atoms with Crippen molar-refractivity contribution in [3.8, 4) is 11.8 Å². The van der Waals surface area contributed by atoms with Gasteiger partial charge < -0.3 is 9.15 Å². The minimum atomic E-state index is -0.898. The van der Waals surface area contributed by atoms with E-state index in [4.69, 9.17) is 20.8 Å². The molecule has 0 aliphatic rings. The fourth-order valence-electron chi connectivity index (χ4n) is 2.92.